The van der Waals surface area contributed by atoms with Gasteiger partial charge in [-0.15, -0.1) is 0 Å². The standard InChI is InChI=1S/C17H18N2O4.H2/c20-15-6-2-1-5-14(15)17(22)18-13-10-8-12(9-11-13)4-3-7-16(21)19-23;/h1-2,5-6,8-11,20,23H,3-4,7H2,(H,18,22)(H,19,21);1H. The van der Waals surface area contributed by atoms with Crippen molar-refractivity contribution in [2.45, 2.75) is 19.3 Å². The van der Waals surface area contributed by atoms with Gasteiger partial charge >= 0.3 is 0 Å². The SMILES string of the molecule is O=C(CCCc1ccc(NC(=O)c2ccccc2O)cc1)NO.[HH]. The lowest BCUT2D eigenvalue weighted by Crippen LogP contribution is -2.18. The Bertz CT molecular complexity index is 689. The number of phenols is 1. The van der Waals surface area contributed by atoms with E-state index in [1.807, 2.05) is 12.1 Å². The number of aromatic hydroxyl groups is 1. The van der Waals surface area contributed by atoms with Gasteiger partial charge in [0, 0.05) is 13.5 Å². The van der Waals surface area contributed by atoms with Gasteiger partial charge in [0.25, 0.3) is 5.91 Å². The molecule has 0 radical (unpaired) electrons. The lowest BCUT2D eigenvalue weighted by atomic mass is 10.1. The van der Waals surface area contributed by atoms with E-state index in [9.17, 15) is 14.7 Å². The van der Waals surface area contributed by atoms with Crippen LogP contribution in [0.4, 0.5) is 5.69 Å². The number of carbonyl (C=O) groups excluding carboxylic acids is 2. The molecule has 2 aromatic rings. The molecule has 4 N–H and O–H groups in total. The van der Waals surface area contributed by atoms with Crippen LogP contribution in [0.2, 0.25) is 0 Å². The summed E-state index contributed by atoms with van der Waals surface area (Å²) in [4.78, 5) is 23.0. The average molecular weight is 316 g/mol. The Morgan fingerprint density at radius 2 is 1.74 bits per heavy atom. The van der Waals surface area contributed by atoms with E-state index in [4.69, 9.17) is 5.21 Å². The van der Waals surface area contributed by atoms with Crippen LogP contribution in [0.15, 0.2) is 48.5 Å². The molecule has 0 fully saturated rings. The second-order valence-electron chi connectivity index (χ2n) is 5.06. The molecule has 23 heavy (non-hydrogen) atoms. The van der Waals surface area contributed by atoms with Gasteiger partial charge in [0.05, 0.1) is 5.56 Å². The maximum Gasteiger partial charge on any atom is 0.259 e. The van der Waals surface area contributed by atoms with Gasteiger partial charge in [0.15, 0.2) is 0 Å². The number of hydrogen-bond acceptors (Lipinski definition) is 4. The minimum atomic E-state index is -0.406. The lowest BCUT2D eigenvalue weighted by Gasteiger charge is -2.08. The number of hydroxylamine groups is 1. The summed E-state index contributed by atoms with van der Waals surface area (Å²) in [6.07, 6.45) is 1.57. The van der Waals surface area contributed by atoms with Crippen LogP contribution in [0.1, 0.15) is 30.2 Å². The Kier molecular flexibility index (Phi) is 5.71. The molecule has 6 nitrogen and oxygen atoms in total. The first-order valence-electron chi connectivity index (χ1n) is 7.21. The summed E-state index contributed by atoms with van der Waals surface area (Å²) in [5, 5.41) is 20.8. The van der Waals surface area contributed by atoms with Crippen molar-refractivity contribution in [1.29, 1.82) is 0 Å². The Morgan fingerprint density at radius 1 is 1.04 bits per heavy atom. The second-order valence-corrected chi connectivity index (χ2v) is 5.06. The maximum absolute atomic E-state index is 12.1. The number of benzene rings is 2. The van der Waals surface area contributed by atoms with E-state index in [1.165, 1.54) is 6.07 Å². The van der Waals surface area contributed by atoms with Gasteiger partial charge in [-0.25, -0.2) is 5.48 Å². The molecule has 0 aliphatic carbocycles. The zero-order chi connectivity index (χ0) is 16.7. The van der Waals surface area contributed by atoms with Crippen molar-refractivity contribution in [3.05, 3.63) is 59.7 Å². The predicted octanol–water partition coefficient (Wildman–Crippen LogP) is 2.72. The molecule has 0 unspecified atom stereocenters. The fourth-order valence-electron chi connectivity index (χ4n) is 2.13. The van der Waals surface area contributed by atoms with Crippen molar-refractivity contribution >= 4 is 17.5 Å². The Morgan fingerprint density at radius 3 is 2.39 bits per heavy atom. The molecule has 0 heterocycles. The third kappa shape index (κ3) is 4.82. The summed E-state index contributed by atoms with van der Waals surface area (Å²) in [5.74, 6) is -0.851. The zero-order valence-electron chi connectivity index (χ0n) is 12.5. The summed E-state index contributed by atoms with van der Waals surface area (Å²) in [6, 6.07) is 13.6. The molecule has 0 aliphatic heterocycles. The first kappa shape index (κ1) is 16.5. The van der Waals surface area contributed by atoms with E-state index in [0.717, 1.165) is 5.56 Å². The quantitative estimate of drug-likeness (QED) is 0.486. The zero-order valence-corrected chi connectivity index (χ0v) is 12.5. The fourth-order valence-corrected chi connectivity index (χ4v) is 2.13. The summed E-state index contributed by atoms with van der Waals surface area (Å²) in [6.45, 7) is 0. The van der Waals surface area contributed by atoms with E-state index >= 15 is 0 Å². The van der Waals surface area contributed by atoms with E-state index < -0.39 is 5.91 Å². The van der Waals surface area contributed by atoms with Crippen LogP contribution >= 0.6 is 0 Å². The van der Waals surface area contributed by atoms with Gasteiger partial charge in [-0.2, -0.15) is 0 Å². The third-order valence-corrected chi connectivity index (χ3v) is 3.35. The highest BCUT2D eigenvalue weighted by Gasteiger charge is 2.10. The highest BCUT2D eigenvalue weighted by Crippen LogP contribution is 2.18. The first-order valence-corrected chi connectivity index (χ1v) is 7.21. The molecule has 0 aliphatic rings. The number of amides is 2. The van der Waals surface area contributed by atoms with E-state index in [2.05, 4.69) is 5.32 Å². The van der Waals surface area contributed by atoms with Crippen LogP contribution in [0.25, 0.3) is 0 Å². The summed E-state index contributed by atoms with van der Waals surface area (Å²) < 4.78 is 0. The number of anilines is 1. The van der Waals surface area contributed by atoms with E-state index in [0.29, 0.717) is 18.5 Å². The Balaban J connectivity index is 0.00000288. The normalized spacial score (nSPS) is 10.1. The van der Waals surface area contributed by atoms with Crippen molar-refractivity contribution in [3.63, 3.8) is 0 Å². The van der Waals surface area contributed by atoms with Gasteiger partial charge in [0.1, 0.15) is 5.75 Å². The van der Waals surface area contributed by atoms with Gasteiger partial charge in [-0.1, -0.05) is 24.3 Å². The first-order chi connectivity index (χ1) is 11.1. The van der Waals surface area contributed by atoms with E-state index in [-0.39, 0.29) is 25.1 Å². The minimum absolute atomic E-state index is 0. The monoisotopic (exact) mass is 316 g/mol. The molecule has 2 amide bonds. The molecule has 0 atom stereocenters. The topological polar surface area (TPSA) is 98.7 Å². The smallest absolute Gasteiger partial charge is 0.259 e. The lowest BCUT2D eigenvalue weighted by molar-refractivity contribution is -0.129. The van der Waals surface area contributed by atoms with Crippen LogP contribution in [0.5, 0.6) is 5.75 Å². The number of rotatable bonds is 6. The number of carbonyl (C=O) groups is 2. The van der Waals surface area contributed by atoms with Crippen molar-refractivity contribution < 1.29 is 21.3 Å². The molecule has 2 aromatic carbocycles. The highest BCUT2D eigenvalue weighted by molar-refractivity contribution is 6.06. The van der Waals surface area contributed by atoms with Crippen molar-refractivity contribution in [2.24, 2.45) is 0 Å². The van der Waals surface area contributed by atoms with Crippen LogP contribution in [-0.4, -0.2) is 22.1 Å². The van der Waals surface area contributed by atoms with Crippen molar-refractivity contribution in [1.82, 2.24) is 5.48 Å². The van der Waals surface area contributed by atoms with Crippen molar-refractivity contribution in [2.75, 3.05) is 5.32 Å². The second kappa shape index (κ2) is 7.95. The van der Waals surface area contributed by atoms with Gasteiger partial charge in [-0.3, -0.25) is 14.8 Å². The van der Waals surface area contributed by atoms with Crippen LogP contribution < -0.4 is 10.8 Å². The molecule has 2 rings (SSSR count). The molecule has 0 bridgehead atoms. The Labute approximate surface area is 135 Å². The largest absolute Gasteiger partial charge is 0.507 e. The molecule has 0 saturated carbocycles. The molecule has 0 spiro atoms. The average Bonchev–Trinajstić information content (AvgIpc) is 2.56. The van der Waals surface area contributed by atoms with Crippen LogP contribution in [0, 0.1) is 0 Å². The van der Waals surface area contributed by atoms with Gasteiger partial charge < -0.3 is 10.4 Å². The van der Waals surface area contributed by atoms with Gasteiger partial charge in [0.2, 0.25) is 5.91 Å². The molecule has 122 valence electrons. The molecule has 6 heteroatoms. The Hall–Kier alpha value is -2.86. The van der Waals surface area contributed by atoms with Crippen LogP contribution in [-0.2, 0) is 11.2 Å². The number of phenolic OH excluding ortho intramolecular Hbond substituents is 1. The minimum Gasteiger partial charge on any atom is -0.507 e. The molecule has 0 saturated heterocycles. The predicted molar refractivity (Wildman–Crippen MR) is 87.5 cm³/mol. The summed E-state index contributed by atoms with van der Waals surface area (Å²) in [5.41, 5.74) is 3.45. The molecular weight excluding hydrogens is 296 g/mol. The number of nitrogens with one attached hydrogen (secondary N) is 2. The van der Waals surface area contributed by atoms with E-state index in [1.54, 1.807) is 35.8 Å². The molecule has 0 aromatic heterocycles. The number of aryl methyl sites for hydroxylation is 1. The number of hydrogen-bond donors (Lipinski definition) is 4. The highest BCUT2D eigenvalue weighted by atomic mass is 16.5. The summed E-state index contributed by atoms with van der Waals surface area (Å²) >= 11 is 0. The fraction of sp³-hybridized carbons (Fsp3) is 0.176. The third-order valence-electron chi connectivity index (χ3n) is 3.35. The van der Waals surface area contributed by atoms with Crippen molar-refractivity contribution in [3.8, 4) is 5.75 Å². The molecular formula is C17H20N2O4. The summed E-state index contributed by atoms with van der Waals surface area (Å²) in [7, 11) is 0. The number of para-hydroxylation sites is 1. The van der Waals surface area contributed by atoms with Gasteiger partial charge in [-0.05, 0) is 42.7 Å². The van der Waals surface area contributed by atoms with Crippen LogP contribution in [0.3, 0.4) is 0 Å². The maximum atomic E-state index is 12.1.